The molecular weight excluding hydrogens is 224 g/mol. The predicted molar refractivity (Wildman–Crippen MR) is 77.3 cm³/mol. The molecule has 0 heterocycles. The molecule has 0 saturated carbocycles. The van der Waals surface area contributed by atoms with E-state index in [9.17, 15) is 0 Å². The summed E-state index contributed by atoms with van der Waals surface area (Å²) in [6, 6.07) is 9.00. The summed E-state index contributed by atoms with van der Waals surface area (Å²) in [5.74, 6) is 0.957. The smallest absolute Gasteiger partial charge is 0.119 e. The summed E-state index contributed by atoms with van der Waals surface area (Å²) in [6.07, 6.45) is 1.07. The normalized spacial score (nSPS) is 13.1. The molecule has 102 valence electrons. The molecule has 0 aliphatic rings. The van der Waals surface area contributed by atoms with Gasteiger partial charge >= 0.3 is 0 Å². The van der Waals surface area contributed by atoms with Crippen LogP contribution in [0, 0.1) is 0 Å². The molecule has 1 atom stereocenters. The fourth-order valence-electron chi connectivity index (χ4n) is 1.59. The molecule has 3 nitrogen and oxygen atoms in total. The second kappa shape index (κ2) is 7.39. The molecule has 0 bridgehead atoms. The summed E-state index contributed by atoms with van der Waals surface area (Å²) < 4.78 is 5.67. The van der Waals surface area contributed by atoms with E-state index in [0.29, 0.717) is 6.04 Å². The lowest BCUT2D eigenvalue weighted by molar-refractivity contribution is 0.261. The lowest BCUT2D eigenvalue weighted by Crippen LogP contribution is -2.26. The van der Waals surface area contributed by atoms with Gasteiger partial charge in [-0.3, -0.25) is 0 Å². The summed E-state index contributed by atoms with van der Waals surface area (Å²) in [4.78, 5) is 4.36. The van der Waals surface area contributed by atoms with Crippen molar-refractivity contribution < 1.29 is 4.74 Å². The van der Waals surface area contributed by atoms with Gasteiger partial charge in [-0.05, 0) is 59.2 Å². The summed E-state index contributed by atoms with van der Waals surface area (Å²) >= 11 is 0. The maximum Gasteiger partial charge on any atom is 0.119 e. The zero-order valence-electron chi connectivity index (χ0n) is 12.3. The average molecular weight is 250 g/mol. The topological polar surface area (TPSA) is 15.7 Å². The van der Waals surface area contributed by atoms with Gasteiger partial charge < -0.3 is 14.5 Å². The minimum atomic E-state index is 0.561. The Kier molecular flexibility index (Phi) is 6.16. The molecule has 0 N–H and O–H groups in total. The van der Waals surface area contributed by atoms with Crippen LogP contribution in [0.4, 0.5) is 0 Å². The van der Waals surface area contributed by atoms with Crippen LogP contribution in [0.3, 0.4) is 0 Å². The molecule has 0 aromatic heterocycles. The van der Waals surface area contributed by atoms with Crippen LogP contribution < -0.4 is 4.74 Å². The lowest BCUT2D eigenvalue weighted by atomic mass is 10.1. The van der Waals surface area contributed by atoms with E-state index < -0.39 is 0 Å². The molecule has 1 rings (SSSR count). The lowest BCUT2D eigenvalue weighted by Gasteiger charge is -2.19. The van der Waals surface area contributed by atoms with Crippen LogP contribution in [0.25, 0.3) is 0 Å². The van der Waals surface area contributed by atoms with Crippen molar-refractivity contribution in [3.05, 3.63) is 29.8 Å². The molecule has 0 fully saturated rings. The quantitative estimate of drug-likeness (QED) is 0.737. The van der Waals surface area contributed by atoms with Gasteiger partial charge in [0.25, 0.3) is 0 Å². The number of benzene rings is 1. The number of ether oxygens (including phenoxy) is 1. The number of rotatable bonds is 7. The van der Waals surface area contributed by atoms with Gasteiger partial charge in [0.2, 0.25) is 0 Å². The Morgan fingerprint density at radius 2 is 1.67 bits per heavy atom. The van der Waals surface area contributed by atoms with Gasteiger partial charge in [0.05, 0.1) is 0 Å². The van der Waals surface area contributed by atoms with Gasteiger partial charge in [0.15, 0.2) is 0 Å². The Labute approximate surface area is 111 Å². The zero-order valence-corrected chi connectivity index (χ0v) is 12.3. The molecule has 18 heavy (non-hydrogen) atoms. The molecule has 1 aromatic carbocycles. The van der Waals surface area contributed by atoms with Crippen molar-refractivity contribution in [2.75, 3.05) is 41.3 Å². The first-order chi connectivity index (χ1) is 8.49. The highest BCUT2D eigenvalue weighted by Gasteiger charge is 2.05. The number of likely N-dealkylation sites (N-methyl/N-ethyl adjacent to an activating group) is 2. The van der Waals surface area contributed by atoms with Crippen molar-refractivity contribution in [1.82, 2.24) is 9.80 Å². The first-order valence-electron chi connectivity index (χ1n) is 6.52. The van der Waals surface area contributed by atoms with Crippen molar-refractivity contribution in [3.63, 3.8) is 0 Å². The SMILES string of the molecule is C[C@H](Cc1ccc(OCCN(C)C)cc1)N(C)C. The highest BCUT2D eigenvalue weighted by Crippen LogP contribution is 2.14. The molecule has 0 saturated heterocycles. The van der Waals surface area contributed by atoms with Crippen molar-refractivity contribution >= 4 is 0 Å². The second-order valence-corrected chi connectivity index (χ2v) is 5.31. The maximum absolute atomic E-state index is 5.67. The molecule has 0 radical (unpaired) electrons. The third-order valence-electron chi connectivity index (χ3n) is 3.14. The Hall–Kier alpha value is -1.06. The fraction of sp³-hybridized carbons (Fsp3) is 0.600. The third kappa shape index (κ3) is 5.52. The van der Waals surface area contributed by atoms with Crippen LogP contribution in [0.5, 0.6) is 5.75 Å². The average Bonchev–Trinajstić information content (AvgIpc) is 2.30. The Morgan fingerprint density at radius 1 is 1.06 bits per heavy atom. The van der Waals surface area contributed by atoms with Crippen molar-refractivity contribution in [2.24, 2.45) is 0 Å². The zero-order chi connectivity index (χ0) is 13.5. The van der Waals surface area contributed by atoms with E-state index in [1.807, 2.05) is 0 Å². The number of hydrogen-bond acceptors (Lipinski definition) is 3. The summed E-state index contributed by atoms with van der Waals surface area (Å²) in [5.41, 5.74) is 1.36. The predicted octanol–water partition coefficient (Wildman–Crippen LogP) is 2.12. The summed E-state index contributed by atoms with van der Waals surface area (Å²) in [6.45, 7) is 3.92. The third-order valence-corrected chi connectivity index (χ3v) is 3.14. The van der Waals surface area contributed by atoms with E-state index in [-0.39, 0.29) is 0 Å². The molecule has 0 aliphatic carbocycles. The van der Waals surface area contributed by atoms with Gasteiger partial charge in [-0.15, -0.1) is 0 Å². The van der Waals surface area contributed by atoms with Crippen LogP contribution >= 0.6 is 0 Å². The van der Waals surface area contributed by atoms with E-state index in [1.54, 1.807) is 0 Å². The Balaban J connectivity index is 2.42. The van der Waals surface area contributed by atoms with E-state index in [1.165, 1.54) is 5.56 Å². The standard InChI is InChI=1S/C15H26N2O/c1-13(17(4)5)12-14-6-8-15(9-7-14)18-11-10-16(2)3/h6-9,13H,10-12H2,1-5H3/t13-/m1/s1. The molecule has 0 unspecified atom stereocenters. The van der Waals surface area contributed by atoms with E-state index >= 15 is 0 Å². The number of hydrogen-bond donors (Lipinski definition) is 0. The van der Waals surface area contributed by atoms with Gasteiger partial charge in [-0.1, -0.05) is 12.1 Å². The van der Waals surface area contributed by atoms with Gasteiger partial charge in [-0.25, -0.2) is 0 Å². The molecular formula is C15H26N2O. The van der Waals surface area contributed by atoms with E-state index in [2.05, 4.69) is 69.2 Å². The molecule has 3 heteroatoms. The first kappa shape index (κ1) is 15.0. The van der Waals surface area contributed by atoms with E-state index in [4.69, 9.17) is 4.74 Å². The molecule has 0 amide bonds. The van der Waals surface area contributed by atoms with Crippen LogP contribution in [-0.4, -0.2) is 57.2 Å². The number of nitrogens with zero attached hydrogens (tertiary/aromatic N) is 2. The first-order valence-corrected chi connectivity index (χ1v) is 6.52. The van der Waals surface area contributed by atoms with Gasteiger partial charge in [-0.2, -0.15) is 0 Å². The van der Waals surface area contributed by atoms with Crippen molar-refractivity contribution in [2.45, 2.75) is 19.4 Å². The summed E-state index contributed by atoms with van der Waals surface area (Å²) in [7, 11) is 8.33. The van der Waals surface area contributed by atoms with Crippen molar-refractivity contribution in [3.8, 4) is 5.75 Å². The fourth-order valence-corrected chi connectivity index (χ4v) is 1.59. The van der Waals surface area contributed by atoms with Crippen molar-refractivity contribution in [1.29, 1.82) is 0 Å². The van der Waals surface area contributed by atoms with Gasteiger partial charge in [0.1, 0.15) is 12.4 Å². The van der Waals surface area contributed by atoms with Crippen LogP contribution in [0.1, 0.15) is 12.5 Å². The second-order valence-electron chi connectivity index (χ2n) is 5.31. The molecule has 1 aromatic rings. The minimum Gasteiger partial charge on any atom is -0.492 e. The molecule has 0 spiro atoms. The van der Waals surface area contributed by atoms with Crippen LogP contribution in [0.2, 0.25) is 0 Å². The maximum atomic E-state index is 5.67. The largest absolute Gasteiger partial charge is 0.492 e. The van der Waals surface area contributed by atoms with Gasteiger partial charge in [0, 0.05) is 12.6 Å². The monoisotopic (exact) mass is 250 g/mol. The Morgan fingerprint density at radius 3 is 2.17 bits per heavy atom. The highest BCUT2D eigenvalue weighted by molar-refractivity contribution is 5.27. The van der Waals surface area contributed by atoms with E-state index in [0.717, 1.165) is 25.3 Å². The summed E-state index contributed by atoms with van der Waals surface area (Å²) in [5, 5.41) is 0. The Bertz CT molecular complexity index is 333. The highest BCUT2D eigenvalue weighted by atomic mass is 16.5. The molecule has 0 aliphatic heterocycles. The van der Waals surface area contributed by atoms with Crippen LogP contribution in [0.15, 0.2) is 24.3 Å². The minimum absolute atomic E-state index is 0.561. The van der Waals surface area contributed by atoms with Crippen LogP contribution in [-0.2, 0) is 6.42 Å².